The van der Waals surface area contributed by atoms with Crippen LogP contribution in [0.3, 0.4) is 0 Å². The molecule has 3 aromatic rings. The molecule has 3 aliphatic rings. The minimum Gasteiger partial charge on any atom is -0.383 e. The van der Waals surface area contributed by atoms with Gasteiger partial charge in [-0.3, -0.25) is 4.57 Å². The molecule has 1 aliphatic heterocycles. The summed E-state index contributed by atoms with van der Waals surface area (Å²) in [6, 6.07) is 3.20. The Morgan fingerprint density at radius 2 is 1.82 bits per heavy atom. The van der Waals surface area contributed by atoms with Crippen LogP contribution in [0.2, 0.25) is 0 Å². The summed E-state index contributed by atoms with van der Waals surface area (Å²) in [4.78, 5) is 7.21. The molecule has 0 spiro atoms. The van der Waals surface area contributed by atoms with E-state index in [1.807, 2.05) is 6.92 Å². The zero-order chi connectivity index (χ0) is 28.2. The van der Waals surface area contributed by atoms with Gasteiger partial charge in [0.25, 0.3) is 6.43 Å². The van der Waals surface area contributed by atoms with Gasteiger partial charge in [-0.05, 0) is 44.7 Å². The van der Waals surface area contributed by atoms with Crippen molar-refractivity contribution in [2.24, 2.45) is 0 Å². The summed E-state index contributed by atoms with van der Waals surface area (Å²) in [5, 5.41) is 11.2. The number of imidazole rings is 1. The van der Waals surface area contributed by atoms with Gasteiger partial charge in [0, 0.05) is 50.8 Å². The summed E-state index contributed by atoms with van der Waals surface area (Å²) in [5.74, 6) is 0.815. The highest BCUT2D eigenvalue weighted by Gasteiger charge is 2.42. The van der Waals surface area contributed by atoms with Crippen molar-refractivity contribution in [3.05, 3.63) is 23.0 Å². The summed E-state index contributed by atoms with van der Waals surface area (Å²) in [7, 11) is -0.614. The molecule has 6 rings (SSSR count). The number of methoxy groups -OCH3 is 2. The quantitative estimate of drug-likeness (QED) is 0.343. The van der Waals surface area contributed by atoms with E-state index in [9.17, 15) is 17.2 Å². The summed E-state index contributed by atoms with van der Waals surface area (Å²) < 4.78 is 69.7. The van der Waals surface area contributed by atoms with Crippen molar-refractivity contribution in [2.45, 2.75) is 67.5 Å². The van der Waals surface area contributed by atoms with Crippen molar-refractivity contribution in [1.29, 1.82) is 0 Å². The van der Waals surface area contributed by atoms with Crippen LogP contribution in [-0.4, -0.2) is 86.3 Å². The van der Waals surface area contributed by atoms with Crippen molar-refractivity contribution in [1.82, 2.24) is 29.8 Å². The number of sulfonamides is 1. The van der Waals surface area contributed by atoms with E-state index in [0.29, 0.717) is 48.8 Å². The zero-order valence-electron chi connectivity index (χ0n) is 22.6. The van der Waals surface area contributed by atoms with Gasteiger partial charge >= 0.3 is 0 Å². The molecule has 3 fully saturated rings. The molecule has 0 amide bonds. The molecule has 218 valence electrons. The van der Waals surface area contributed by atoms with Crippen LogP contribution in [0.5, 0.6) is 0 Å². The number of halogens is 2. The van der Waals surface area contributed by atoms with Gasteiger partial charge in [0.05, 0.1) is 29.3 Å². The third-order valence-corrected chi connectivity index (χ3v) is 10.1. The molecule has 0 bridgehead atoms. The summed E-state index contributed by atoms with van der Waals surface area (Å²) in [6.45, 7) is 3.91. The van der Waals surface area contributed by atoms with E-state index in [-0.39, 0.29) is 28.0 Å². The maximum absolute atomic E-state index is 13.7. The average molecular weight is 598 g/mol. The number of nitrogens with zero attached hydrogens (tertiary/aromatic N) is 5. The smallest absolute Gasteiger partial charge is 0.291 e. The molecule has 2 aromatic heterocycles. The monoisotopic (exact) mass is 597 g/mol. The highest BCUT2D eigenvalue weighted by molar-refractivity contribution is 7.89. The van der Waals surface area contributed by atoms with Gasteiger partial charge in [0.1, 0.15) is 11.3 Å². The molecular weight excluding hydrogens is 564 g/mol. The van der Waals surface area contributed by atoms with Crippen molar-refractivity contribution in [3.8, 4) is 5.13 Å². The standard InChI is InChI=1S/C25H33F2N7O4S2/c1-25(6-7-25)32-40(35,36)17-8-18(33-10-15(12-37-2)28-16(11-33)13-38-3)20-19(9-17)34(22(29-20)14-4-5-14)24-31-30-23(39-24)21(26)27/h8-9,14-16,21,28,32H,4-7,10-13H2,1-3H3/t15-,16-/m0/s1. The van der Waals surface area contributed by atoms with Gasteiger partial charge in [-0.2, -0.15) is 0 Å². The maximum Gasteiger partial charge on any atom is 0.291 e. The van der Waals surface area contributed by atoms with Crippen LogP contribution in [0.25, 0.3) is 16.2 Å². The molecular formula is C25H33F2N7O4S2. The highest BCUT2D eigenvalue weighted by Crippen LogP contribution is 2.45. The number of fused-ring (bicyclic) bond motifs is 1. The fourth-order valence-electron chi connectivity index (χ4n) is 5.29. The van der Waals surface area contributed by atoms with Gasteiger partial charge in [-0.25, -0.2) is 26.9 Å². The van der Waals surface area contributed by atoms with Crippen LogP contribution in [-0.2, 0) is 19.5 Å². The maximum atomic E-state index is 13.7. The van der Waals surface area contributed by atoms with Crippen LogP contribution in [0, 0.1) is 0 Å². The lowest BCUT2D eigenvalue weighted by atomic mass is 10.1. The zero-order valence-corrected chi connectivity index (χ0v) is 24.2. The molecule has 1 aromatic carbocycles. The minimum atomic E-state index is -3.89. The Hall–Kier alpha value is -2.30. The first-order valence-electron chi connectivity index (χ1n) is 13.3. The Kier molecular flexibility index (Phi) is 7.32. The molecule has 2 atom stereocenters. The first-order chi connectivity index (χ1) is 19.1. The molecule has 2 saturated carbocycles. The molecule has 15 heteroatoms. The molecule has 0 unspecified atom stereocenters. The highest BCUT2D eigenvalue weighted by atomic mass is 32.2. The Balaban J connectivity index is 1.54. The molecule has 3 heterocycles. The number of benzene rings is 1. The minimum absolute atomic E-state index is 0.0283. The molecule has 1 saturated heterocycles. The molecule has 11 nitrogen and oxygen atoms in total. The van der Waals surface area contributed by atoms with Gasteiger partial charge in [-0.1, -0.05) is 11.3 Å². The number of rotatable bonds is 11. The van der Waals surface area contributed by atoms with Crippen LogP contribution in [0.15, 0.2) is 17.0 Å². The first-order valence-corrected chi connectivity index (χ1v) is 15.6. The number of hydrogen-bond acceptors (Lipinski definition) is 10. The summed E-state index contributed by atoms with van der Waals surface area (Å²) >= 11 is 0.791. The molecule has 2 N–H and O–H groups in total. The van der Waals surface area contributed by atoms with Crippen LogP contribution < -0.4 is 14.9 Å². The second kappa shape index (κ2) is 10.5. The Labute approximate surface area is 235 Å². The molecule has 0 radical (unpaired) electrons. The van der Waals surface area contributed by atoms with Gasteiger partial charge < -0.3 is 19.7 Å². The van der Waals surface area contributed by atoms with E-state index < -0.39 is 27.0 Å². The lowest BCUT2D eigenvalue weighted by Crippen LogP contribution is -2.59. The van der Waals surface area contributed by atoms with Crippen molar-refractivity contribution >= 4 is 38.1 Å². The van der Waals surface area contributed by atoms with Gasteiger partial charge in [0.15, 0.2) is 5.01 Å². The molecule has 40 heavy (non-hydrogen) atoms. The first kappa shape index (κ1) is 27.8. The van der Waals surface area contributed by atoms with E-state index in [0.717, 1.165) is 37.0 Å². The molecule has 2 aliphatic carbocycles. The largest absolute Gasteiger partial charge is 0.383 e. The van der Waals surface area contributed by atoms with Gasteiger partial charge in [-0.15, -0.1) is 10.2 Å². The fraction of sp³-hybridized carbons (Fsp3) is 0.640. The number of piperazine rings is 1. The van der Waals surface area contributed by atoms with E-state index >= 15 is 0 Å². The fourth-order valence-corrected chi connectivity index (χ4v) is 7.52. The summed E-state index contributed by atoms with van der Waals surface area (Å²) in [6.07, 6.45) is 0.591. The van der Waals surface area contributed by atoms with Crippen molar-refractivity contribution in [3.63, 3.8) is 0 Å². The normalized spacial score (nSPS) is 22.9. The second-order valence-electron chi connectivity index (χ2n) is 11.2. The van der Waals surface area contributed by atoms with Crippen LogP contribution in [0.1, 0.15) is 55.8 Å². The lowest BCUT2D eigenvalue weighted by molar-refractivity contribution is 0.121. The van der Waals surface area contributed by atoms with Gasteiger partial charge in [0.2, 0.25) is 15.2 Å². The SMILES string of the molecule is COC[C@@H]1CN(c2cc(S(=O)(=O)NC3(C)CC3)cc3c2nc(C2CC2)n3-c2nnc(C(F)F)s2)C[C@@H](COC)N1. The second-order valence-corrected chi connectivity index (χ2v) is 13.8. The van der Waals surface area contributed by atoms with E-state index in [1.54, 1.807) is 30.9 Å². The number of aromatic nitrogens is 4. The van der Waals surface area contributed by atoms with Crippen molar-refractivity contribution in [2.75, 3.05) is 45.4 Å². The van der Waals surface area contributed by atoms with Crippen LogP contribution >= 0.6 is 11.3 Å². The number of ether oxygens (including phenoxy) is 2. The third kappa shape index (κ3) is 5.46. The number of anilines is 1. The van der Waals surface area contributed by atoms with Crippen molar-refractivity contribution < 1.29 is 26.7 Å². The van der Waals surface area contributed by atoms with E-state index in [4.69, 9.17) is 14.5 Å². The van der Waals surface area contributed by atoms with E-state index in [1.165, 1.54) is 0 Å². The van der Waals surface area contributed by atoms with E-state index in [2.05, 4.69) is 25.1 Å². The summed E-state index contributed by atoms with van der Waals surface area (Å²) in [5.41, 5.74) is 1.28. The lowest BCUT2D eigenvalue weighted by Gasteiger charge is -2.40. The number of hydrogen-bond donors (Lipinski definition) is 2. The Bertz CT molecular complexity index is 1490. The number of nitrogens with one attached hydrogen (secondary N) is 2. The average Bonchev–Trinajstić information content (AvgIpc) is 3.78. The Morgan fingerprint density at radius 1 is 1.15 bits per heavy atom. The van der Waals surface area contributed by atoms with Crippen LogP contribution in [0.4, 0.5) is 14.5 Å². The Morgan fingerprint density at radius 3 is 2.38 bits per heavy atom. The number of alkyl halides is 2. The predicted molar refractivity (Wildman–Crippen MR) is 146 cm³/mol. The third-order valence-electron chi connectivity index (χ3n) is 7.61. The predicted octanol–water partition coefficient (Wildman–Crippen LogP) is 2.96. The topological polar surface area (TPSA) is 124 Å².